The van der Waals surface area contributed by atoms with E-state index in [4.69, 9.17) is 10.5 Å². The largest absolute Gasteiger partial charge is 0.492 e. The highest BCUT2D eigenvalue weighted by atomic mass is 32.2. The molecular formula is C12H20N2O3S2. The number of hydrogen-bond donors (Lipinski definition) is 2. The zero-order valence-electron chi connectivity index (χ0n) is 11.3. The van der Waals surface area contributed by atoms with Crippen molar-refractivity contribution in [3.8, 4) is 5.75 Å². The highest BCUT2D eigenvalue weighted by molar-refractivity contribution is 7.98. The molecule has 0 saturated carbocycles. The van der Waals surface area contributed by atoms with Crippen LogP contribution < -0.4 is 15.2 Å². The van der Waals surface area contributed by atoms with Crippen molar-refractivity contribution in [1.82, 2.24) is 4.72 Å². The van der Waals surface area contributed by atoms with E-state index in [0.717, 1.165) is 0 Å². The fraction of sp³-hybridized carbons (Fsp3) is 0.500. The van der Waals surface area contributed by atoms with Crippen LogP contribution in [0.1, 0.15) is 13.8 Å². The van der Waals surface area contributed by atoms with Gasteiger partial charge in [0.15, 0.2) is 0 Å². The first kappa shape index (κ1) is 16.1. The first-order valence-electron chi connectivity index (χ1n) is 5.94. The van der Waals surface area contributed by atoms with Gasteiger partial charge in [-0.2, -0.15) is 11.8 Å². The minimum Gasteiger partial charge on any atom is -0.492 e. The summed E-state index contributed by atoms with van der Waals surface area (Å²) in [6, 6.07) is 4.46. The van der Waals surface area contributed by atoms with Gasteiger partial charge in [-0.15, -0.1) is 0 Å². The number of anilines is 1. The lowest BCUT2D eigenvalue weighted by Gasteiger charge is -2.16. The van der Waals surface area contributed by atoms with E-state index in [2.05, 4.69) is 4.72 Å². The minimum atomic E-state index is -3.63. The highest BCUT2D eigenvalue weighted by Gasteiger charge is 2.22. The molecule has 108 valence electrons. The van der Waals surface area contributed by atoms with Gasteiger partial charge in [-0.05, 0) is 38.3 Å². The van der Waals surface area contributed by atoms with Gasteiger partial charge in [0.1, 0.15) is 10.6 Å². The first-order valence-corrected chi connectivity index (χ1v) is 8.82. The van der Waals surface area contributed by atoms with Crippen LogP contribution in [0.15, 0.2) is 23.1 Å². The summed E-state index contributed by atoms with van der Waals surface area (Å²) in [5.41, 5.74) is 6.05. The maximum absolute atomic E-state index is 12.3. The Morgan fingerprint density at radius 2 is 2.16 bits per heavy atom. The second kappa shape index (κ2) is 7.02. The van der Waals surface area contributed by atoms with E-state index in [0.29, 0.717) is 23.8 Å². The Labute approximate surface area is 119 Å². The van der Waals surface area contributed by atoms with E-state index in [-0.39, 0.29) is 10.9 Å². The molecule has 0 aliphatic carbocycles. The summed E-state index contributed by atoms with van der Waals surface area (Å²) in [5, 5.41) is 0. The van der Waals surface area contributed by atoms with Gasteiger partial charge in [0.25, 0.3) is 0 Å². The van der Waals surface area contributed by atoms with Crippen LogP contribution in [0.3, 0.4) is 0 Å². The van der Waals surface area contributed by atoms with Gasteiger partial charge in [-0.1, -0.05) is 0 Å². The number of benzene rings is 1. The second-order valence-electron chi connectivity index (χ2n) is 4.12. The van der Waals surface area contributed by atoms with Gasteiger partial charge in [0, 0.05) is 17.5 Å². The molecule has 0 spiro atoms. The van der Waals surface area contributed by atoms with E-state index in [9.17, 15) is 8.42 Å². The molecule has 1 aromatic rings. The smallest absolute Gasteiger partial charge is 0.244 e. The number of nitrogens with two attached hydrogens (primary N) is 1. The quantitative estimate of drug-likeness (QED) is 0.749. The van der Waals surface area contributed by atoms with Crippen LogP contribution in [-0.2, 0) is 10.0 Å². The van der Waals surface area contributed by atoms with Crippen LogP contribution in [0.2, 0.25) is 0 Å². The summed E-state index contributed by atoms with van der Waals surface area (Å²) < 4.78 is 32.6. The van der Waals surface area contributed by atoms with Crippen molar-refractivity contribution in [2.75, 3.05) is 24.3 Å². The number of rotatable bonds is 7. The van der Waals surface area contributed by atoms with Crippen molar-refractivity contribution < 1.29 is 13.2 Å². The van der Waals surface area contributed by atoms with Crippen molar-refractivity contribution in [3.63, 3.8) is 0 Å². The lowest BCUT2D eigenvalue weighted by atomic mass is 10.3. The first-order chi connectivity index (χ1) is 8.90. The molecule has 19 heavy (non-hydrogen) atoms. The Hall–Kier alpha value is -0.920. The molecule has 0 bridgehead atoms. The molecule has 0 aliphatic heterocycles. The van der Waals surface area contributed by atoms with Gasteiger partial charge in [-0.25, -0.2) is 13.1 Å². The van der Waals surface area contributed by atoms with E-state index in [1.54, 1.807) is 30.8 Å². The van der Waals surface area contributed by atoms with Gasteiger partial charge in [-0.3, -0.25) is 0 Å². The Bertz CT molecular complexity index is 518. The second-order valence-corrected chi connectivity index (χ2v) is 6.71. The van der Waals surface area contributed by atoms with Gasteiger partial charge < -0.3 is 10.5 Å². The molecule has 0 heterocycles. The monoisotopic (exact) mass is 304 g/mol. The lowest BCUT2D eigenvalue weighted by molar-refractivity contribution is 0.331. The molecule has 5 nitrogen and oxygen atoms in total. The summed E-state index contributed by atoms with van der Waals surface area (Å²) >= 11 is 1.58. The predicted molar refractivity (Wildman–Crippen MR) is 80.2 cm³/mol. The molecule has 1 unspecified atom stereocenters. The number of hydrogen-bond acceptors (Lipinski definition) is 5. The average molecular weight is 304 g/mol. The van der Waals surface area contributed by atoms with E-state index in [1.807, 2.05) is 13.2 Å². The summed E-state index contributed by atoms with van der Waals surface area (Å²) in [6.45, 7) is 4.02. The fourth-order valence-corrected chi connectivity index (χ4v) is 3.73. The van der Waals surface area contributed by atoms with Crippen molar-refractivity contribution in [1.29, 1.82) is 0 Å². The summed E-state index contributed by atoms with van der Waals surface area (Å²) in [5.74, 6) is 1.02. The van der Waals surface area contributed by atoms with Gasteiger partial charge in [0.05, 0.1) is 6.61 Å². The molecule has 1 aromatic carbocycles. The Morgan fingerprint density at radius 1 is 1.47 bits per heavy atom. The summed E-state index contributed by atoms with van der Waals surface area (Å²) in [4.78, 5) is 0.0855. The zero-order valence-corrected chi connectivity index (χ0v) is 13.0. The molecule has 0 aliphatic rings. The zero-order chi connectivity index (χ0) is 14.5. The number of ether oxygens (including phenoxy) is 1. The minimum absolute atomic E-state index is 0.0855. The summed E-state index contributed by atoms with van der Waals surface area (Å²) in [6.07, 6.45) is 1.93. The summed E-state index contributed by atoms with van der Waals surface area (Å²) in [7, 11) is -3.63. The Kier molecular flexibility index (Phi) is 5.96. The lowest BCUT2D eigenvalue weighted by Crippen LogP contribution is -2.34. The third-order valence-electron chi connectivity index (χ3n) is 2.33. The van der Waals surface area contributed by atoms with Gasteiger partial charge >= 0.3 is 0 Å². The van der Waals surface area contributed by atoms with Crippen LogP contribution in [-0.4, -0.2) is 33.1 Å². The van der Waals surface area contributed by atoms with Crippen LogP contribution in [0, 0.1) is 0 Å². The number of nitrogen functional groups attached to an aromatic ring is 1. The Morgan fingerprint density at radius 3 is 2.74 bits per heavy atom. The Balaban J connectivity index is 3.08. The van der Waals surface area contributed by atoms with Crippen molar-refractivity contribution in [2.24, 2.45) is 0 Å². The van der Waals surface area contributed by atoms with Crippen LogP contribution in [0.5, 0.6) is 5.75 Å². The average Bonchev–Trinajstić information content (AvgIpc) is 2.31. The van der Waals surface area contributed by atoms with Crippen LogP contribution >= 0.6 is 11.8 Å². The van der Waals surface area contributed by atoms with Crippen molar-refractivity contribution in [2.45, 2.75) is 24.8 Å². The molecule has 7 heteroatoms. The van der Waals surface area contributed by atoms with Crippen molar-refractivity contribution in [3.05, 3.63) is 18.2 Å². The van der Waals surface area contributed by atoms with Crippen LogP contribution in [0.25, 0.3) is 0 Å². The topological polar surface area (TPSA) is 81.4 Å². The molecule has 0 radical (unpaired) electrons. The normalized spacial score (nSPS) is 13.2. The molecule has 1 atom stereocenters. The molecule has 0 fully saturated rings. The maximum atomic E-state index is 12.3. The van der Waals surface area contributed by atoms with E-state index < -0.39 is 10.0 Å². The van der Waals surface area contributed by atoms with Crippen molar-refractivity contribution >= 4 is 27.5 Å². The number of thioether (sulfide) groups is 1. The van der Waals surface area contributed by atoms with Gasteiger partial charge in [0.2, 0.25) is 10.0 Å². The molecule has 1 rings (SSSR count). The number of sulfonamides is 1. The standard InChI is InChI=1S/C12H20N2O3S2/c1-4-17-11-6-5-10(13)7-12(11)19(15,16)14-9(2)8-18-3/h5-7,9,14H,4,8,13H2,1-3H3. The fourth-order valence-electron chi connectivity index (χ4n) is 1.62. The van der Waals surface area contributed by atoms with E-state index >= 15 is 0 Å². The maximum Gasteiger partial charge on any atom is 0.244 e. The van der Waals surface area contributed by atoms with Crippen LogP contribution in [0.4, 0.5) is 5.69 Å². The van der Waals surface area contributed by atoms with E-state index in [1.165, 1.54) is 6.07 Å². The molecule has 0 amide bonds. The molecule has 0 saturated heterocycles. The third-order valence-corrected chi connectivity index (χ3v) is 4.77. The third kappa shape index (κ3) is 4.59. The molecule has 0 aromatic heterocycles. The highest BCUT2D eigenvalue weighted by Crippen LogP contribution is 2.26. The SMILES string of the molecule is CCOc1ccc(N)cc1S(=O)(=O)NC(C)CSC. The molecular weight excluding hydrogens is 284 g/mol. The predicted octanol–water partition coefficient (Wildman–Crippen LogP) is 1.70. The molecule has 3 N–H and O–H groups in total. The number of nitrogens with one attached hydrogen (secondary N) is 1.